The molecular weight excluding hydrogens is 280 g/mol. The van der Waals surface area contributed by atoms with Gasteiger partial charge < -0.3 is 0 Å². The molecular formula is C15H13ClO2S. The molecule has 0 radical (unpaired) electrons. The third kappa shape index (κ3) is 4.23. The molecule has 2 aromatic carbocycles. The minimum Gasteiger partial charge on any atom is -0.208 e. The van der Waals surface area contributed by atoms with Crippen LogP contribution >= 0.6 is 10.7 Å². The van der Waals surface area contributed by atoms with Crippen molar-refractivity contribution in [2.45, 2.75) is 6.92 Å². The van der Waals surface area contributed by atoms with Crippen molar-refractivity contribution < 1.29 is 8.42 Å². The maximum absolute atomic E-state index is 10.8. The minimum atomic E-state index is -3.60. The van der Waals surface area contributed by atoms with Crippen LogP contribution in [-0.4, -0.2) is 8.42 Å². The molecule has 0 N–H and O–H groups in total. The van der Waals surface area contributed by atoms with Crippen molar-refractivity contribution >= 4 is 25.8 Å². The molecule has 2 nitrogen and oxygen atoms in total. The second kappa shape index (κ2) is 5.59. The van der Waals surface area contributed by atoms with Gasteiger partial charge in [-0.25, -0.2) is 8.42 Å². The largest absolute Gasteiger partial charge is 0.254 e. The van der Waals surface area contributed by atoms with Crippen molar-refractivity contribution in [1.29, 1.82) is 0 Å². The van der Waals surface area contributed by atoms with Gasteiger partial charge >= 0.3 is 0 Å². The summed E-state index contributed by atoms with van der Waals surface area (Å²) in [6, 6.07) is 15.8. The number of hydrogen-bond acceptors (Lipinski definition) is 2. The summed E-state index contributed by atoms with van der Waals surface area (Å²) in [6.07, 6.45) is 1.47. The van der Waals surface area contributed by atoms with E-state index in [1.807, 2.05) is 31.2 Å². The standard InChI is InChI=1S/C15H13ClO2S/c1-12-2-6-14(7-3-12)15-8-4-13(5-9-15)10-11-19(16,17)18/h2-11H,1H3/b11-10+. The highest BCUT2D eigenvalue weighted by Gasteiger charge is 1.99. The monoisotopic (exact) mass is 292 g/mol. The molecule has 0 saturated carbocycles. The van der Waals surface area contributed by atoms with Crippen molar-refractivity contribution in [2.75, 3.05) is 0 Å². The molecule has 2 rings (SSSR count). The highest BCUT2D eigenvalue weighted by atomic mass is 35.7. The predicted octanol–water partition coefficient (Wildman–Crippen LogP) is 4.20. The molecule has 98 valence electrons. The fourth-order valence-electron chi connectivity index (χ4n) is 1.69. The Balaban J connectivity index is 2.24. The van der Waals surface area contributed by atoms with Gasteiger partial charge in [0.25, 0.3) is 9.05 Å². The molecule has 0 bridgehead atoms. The first-order valence-electron chi connectivity index (χ1n) is 5.74. The third-order valence-corrected chi connectivity index (χ3v) is 3.49. The summed E-state index contributed by atoms with van der Waals surface area (Å²) >= 11 is 0. The molecule has 0 aliphatic heterocycles. The average Bonchev–Trinajstić information content (AvgIpc) is 2.37. The van der Waals surface area contributed by atoms with E-state index in [1.54, 1.807) is 0 Å². The molecule has 4 heteroatoms. The van der Waals surface area contributed by atoms with Crippen LogP contribution in [0.1, 0.15) is 11.1 Å². The summed E-state index contributed by atoms with van der Waals surface area (Å²) in [7, 11) is 1.51. The van der Waals surface area contributed by atoms with E-state index in [1.165, 1.54) is 11.6 Å². The van der Waals surface area contributed by atoms with Crippen LogP contribution in [0.5, 0.6) is 0 Å². The van der Waals surface area contributed by atoms with Crippen LogP contribution in [0.2, 0.25) is 0 Å². The smallest absolute Gasteiger partial charge is 0.208 e. The van der Waals surface area contributed by atoms with Crippen LogP contribution in [-0.2, 0) is 9.05 Å². The molecule has 0 heterocycles. The van der Waals surface area contributed by atoms with Gasteiger partial charge in [-0.2, -0.15) is 0 Å². The van der Waals surface area contributed by atoms with E-state index in [2.05, 4.69) is 24.3 Å². The Morgan fingerprint density at radius 2 is 1.37 bits per heavy atom. The second-order valence-corrected chi connectivity index (χ2v) is 6.78. The van der Waals surface area contributed by atoms with Crippen molar-refractivity contribution in [3.8, 4) is 11.1 Å². The molecule has 0 aliphatic carbocycles. The second-order valence-electron chi connectivity index (χ2n) is 4.27. The van der Waals surface area contributed by atoms with E-state index < -0.39 is 9.05 Å². The molecule has 2 aromatic rings. The first-order valence-corrected chi connectivity index (χ1v) is 8.11. The normalized spacial score (nSPS) is 11.9. The van der Waals surface area contributed by atoms with E-state index in [0.29, 0.717) is 0 Å². The molecule has 0 unspecified atom stereocenters. The lowest BCUT2D eigenvalue weighted by atomic mass is 10.0. The molecule has 0 atom stereocenters. The molecule has 0 saturated heterocycles. The molecule has 0 aromatic heterocycles. The number of hydrogen-bond donors (Lipinski definition) is 0. The van der Waals surface area contributed by atoms with Gasteiger partial charge in [-0.15, -0.1) is 0 Å². The van der Waals surface area contributed by atoms with E-state index in [9.17, 15) is 8.42 Å². The zero-order valence-corrected chi connectivity index (χ0v) is 11.9. The van der Waals surface area contributed by atoms with Gasteiger partial charge in [0.2, 0.25) is 0 Å². The lowest BCUT2D eigenvalue weighted by Crippen LogP contribution is -1.81. The van der Waals surface area contributed by atoms with Gasteiger partial charge in [0.05, 0.1) is 0 Å². The number of rotatable bonds is 3. The number of aryl methyl sites for hydroxylation is 1. The quantitative estimate of drug-likeness (QED) is 0.795. The van der Waals surface area contributed by atoms with Crippen molar-refractivity contribution in [3.05, 3.63) is 65.1 Å². The minimum absolute atomic E-state index is 0.792. The van der Waals surface area contributed by atoms with Crippen molar-refractivity contribution in [2.24, 2.45) is 0 Å². The van der Waals surface area contributed by atoms with E-state index >= 15 is 0 Å². The average molecular weight is 293 g/mol. The highest BCUT2D eigenvalue weighted by molar-refractivity contribution is 8.16. The number of halogens is 1. The van der Waals surface area contributed by atoms with Gasteiger partial charge in [0, 0.05) is 16.1 Å². The number of benzene rings is 2. The summed E-state index contributed by atoms with van der Waals surface area (Å²) in [5.41, 5.74) is 4.23. The zero-order valence-electron chi connectivity index (χ0n) is 10.4. The Morgan fingerprint density at radius 3 is 1.84 bits per heavy atom. The Kier molecular flexibility index (Phi) is 4.08. The lowest BCUT2D eigenvalue weighted by Gasteiger charge is -2.02. The molecule has 19 heavy (non-hydrogen) atoms. The summed E-state index contributed by atoms with van der Waals surface area (Å²) in [4.78, 5) is 0. The van der Waals surface area contributed by atoms with Gasteiger partial charge in [-0.1, -0.05) is 54.1 Å². The SMILES string of the molecule is Cc1ccc(-c2ccc(/C=C/S(=O)(=O)Cl)cc2)cc1. The first kappa shape index (κ1) is 13.8. The zero-order chi connectivity index (χ0) is 13.9. The Bertz CT molecular complexity index is 684. The molecule has 0 aliphatic rings. The van der Waals surface area contributed by atoms with Gasteiger partial charge in [0.1, 0.15) is 0 Å². The van der Waals surface area contributed by atoms with Crippen LogP contribution in [0, 0.1) is 6.92 Å². The van der Waals surface area contributed by atoms with Crippen molar-refractivity contribution in [3.63, 3.8) is 0 Å². The van der Waals surface area contributed by atoms with Crippen molar-refractivity contribution in [1.82, 2.24) is 0 Å². The van der Waals surface area contributed by atoms with Crippen LogP contribution in [0.4, 0.5) is 0 Å². The molecule has 0 spiro atoms. The lowest BCUT2D eigenvalue weighted by molar-refractivity contribution is 0.617. The van der Waals surface area contributed by atoms with Crippen LogP contribution in [0.25, 0.3) is 17.2 Å². The van der Waals surface area contributed by atoms with Crippen LogP contribution < -0.4 is 0 Å². The first-order chi connectivity index (χ1) is 8.94. The highest BCUT2D eigenvalue weighted by Crippen LogP contribution is 2.20. The maximum atomic E-state index is 10.8. The maximum Gasteiger partial charge on any atom is 0.254 e. The Hall–Kier alpha value is -1.58. The third-order valence-electron chi connectivity index (χ3n) is 2.72. The molecule has 0 fully saturated rings. The van der Waals surface area contributed by atoms with E-state index in [-0.39, 0.29) is 0 Å². The fraction of sp³-hybridized carbons (Fsp3) is 0.0667. The summed E-state index contributed by atoms with van der Waals surface area (Å²) in [5, 5.41) is 0.982. The van der Waals surface area contributed by atoms with E-state index in [0.717, 1.165) is 22.1 Å². The van der Waals surface area contributed by atoms with Crippen LogP contribution in [0.15, 0.2) is 53.9 Å². The Morgan fingerprint density at radius 1 is 0.895 bits per heavy atom. The van der Waals surface area contributed by atoms with Gasteiger partial charge in [-0.3, -0.25) is 0 Å². The summed E-state index contributed by atoms with van der Waals surface area (Å²) < 4.78 is 21.6. The van der Waals surface area contributed by atoms with Gasteiger partial charge in [0.15, 0.2) is 0 Å². The molecule has 0 amide bonds. The van der Waals surface area contributed by atoms with Gasteiger partial charge in [-0.05, 0) is 29.7 Å². The van der Waals surface area contributed by atoms with Crippen LogP contribution in [0.3, 0.4) is 0 Å². The Labute approximate surface area is 117 Å². The predicted molar refractivity (Wildman–Crippen MR) is 80.4 cm³/mol. The topological polar surface area (TPSA) is 34.1 Å². The van der Waals surface area contributed by atoms with E-state index in [4.69, 9.17) is 10.7 Å². The summed E-state index contributed by atoms with van der Waals surface area (Å²) in [5.74, 6) is 0. The summed E-state index contributed by atoms with van der Waals surface area (Å²) in [6.45, 7) is 2.05. The fourth-order valence-corrected chi connectivity index (χ4v) is 2.17.